The van der Waals surface area contributed by atoms with Crippen molar-refractivity contribution in [1.29, 1.82) is 0 Å². The summed E-state index contributed by atoms with van der Waals surface area (Å²) in [4.78, 5) is 34.2. The van der Waals surface area contributed by atoms with Crippen molar-refractivity contribution < 1.29 is 45.4 Å². The van der Waals surface area contributed by atoms with E-state index >= 15 is 0 Å². The predicted molar refractivity (Wildman–Crippen MR) is 272 cm³/mol. The number of anilines is 1. The van der Waals surface area contributed by atoms with Gasteiger partial charge in [0, 0.05) is 70.7 Å². The van der Waals surface area contributed by atoms with Crippen molar-refractivity contribution in [3.05, 3.63) is 63.3 Å². The number of nitrogens with zero attached hydrogens (tertiary/aromatic N) is 2. The Kier molecular flexibility index (Phi) is 19.0. The second-order valence-electron chi connectivity index (χ2n) is 18.2. The van der Waals surface area contributed by atoms with E-state index in [1.165, 1.54) is 36.9 Å². The number of aromatic nitrogens is 2. The summed E-state index contributed by atoms with van der Waals surface area (Å²) in [5.74, 6) is 0.608. The van der Waals surface area contributed by atoms with Crippen LogP contribution in [0.15, 0.2) is 63.1 Å². The summed E-state index contributed by atoms with van der Waals surface area (Å²) < 4.78 is 76.8. The Morgan fingerprint density at radius 1 is 0.710 bits per heavy atom. The Morgan fingerprint density at radius 2 is 1.13 bits per heavy atom. The summed E-state index contributed by atoms with van der Waals surface area (Å²) in [5, 5.41) is 11.1. The molecule has 4 fully saturated rings. The molecule has 0 bridgehead atoms. The number of hydrogen-bond donors (Lipinski definition) is 6. The van der Waals surface area contributed by atoms with Crippen molar-refractivity contribution in [2.75, 3.05) is 59.1 Å². The van der Waals surface area contributed by atoms with Crippen LogP contribution in [-0.4, -0.2) is 116 Å². The molecular weight excluding hydrogens is 1030 g/mol. The first-order chi connectivity index (χ1) is 32.8. The first kappa shape index (κ1) is 54.6. The fourth-order valence-corrected chi connectivity index (χ4v) is 13.8. The average molecular weight is 1100 g/mol. The number of carbonyl (C=O) groups is 2. The van der Waals surface area contributed by atoms with Gasteiger partial charge in [-0.3, -0.25) is 0 Å². The molecule has 4 heterocycles. The first-order valence-corrected chi connectivity index (χ1v) is 28.4. The second-order valence-corrected chi connectivity index (χ2v) is 24.7. The Hall–Kier alpha value is -3.78. The highest BCUT2D eigenvalue weighted by molar-refractivity contribution is 9.10. The number of alkyl carbamates (subject to hydrolysis) is 2. The third kappa shape index (κ3) is 14.9. The predicted octanol–water partition coefficient (Wildman–Crippen LogP) is 7.68. The number of halogens is 1. The molecule has 2 saturated heterocycles. The van der Waals surface area contributed by atoms with Gasteiger partial charge in [0.05, 0.1) is 81.3 Å². The van der Waals surface area contributed by atoms with Gasteiger partial charge in [0.25, 0.3) is 0 Å². The summed E-state index contributed by atoms with van der Waals surface area (Å²) in [5.41, 5.74) is 7.34. The summed E-state index contributed by atoms with van der Waals surface area (Å²) in [7, 11) is -4.56. The number of amides is 2. The normalized spacial score (nSPS) is 21.6. The summed E-state index contributed by atoms with van der Waals surface area (Å²) in [6.07, 6.45) is 9.85. The van der Waals surface area contributed by atoms with E-state index in [0.29, 0.717) is 53.7 Å². The molecule has 0 radical (unpaired) electrons. The largest absolute Gasteiger partial charge is 0.453 e. The molecule has 2 aromatic carbocycles. The van der Waals surface area contributed by atoms with Crippen LogP contribution in [0.5, 0.6) is 0 Å². The van der Waals surface area contributed by atoms with Gasteiger partial charge in [-0.2, -0.15) is 0 Å². The molecule has 2 saturated carbocycles. The fraction of sp³-hybridized carbons (Fsp3) is 0.565. The van der Waals surface area contributed by atoms with Gasteiger partial charge < -0.3 is 40.6 Å². The molecule has 0 atom stereocenters. The maximum absolute atomic E-state index is 13.1. The number of thiazole rings is 2. The number of nitrogens with one attached hydrogen (secondary N) is 5. The van der Waals surface area contributed by atoms with Crippen molar-refractivity contribution >= 4 is 76.5 Å². The van der Waals surface area contributed by atoms with E-state index in [9.17, 15) is 26.4 Å². The van der Waals surface area contributed by atoms with Gasteiger partial charge in [-0.25, -0.2) is 45.8 Å². The zero-order valence-electron chi connectivity index (χ0n) is 39.9. The van der Waals surface area contributed by atoms with E-state index in [1.54, 1.807) is 38.4 Å². The fourth-order valence-electron chi connectivity index (χ4n) is 8.36. The molecule has 2 aromatic heterocycles. The maximum atomic E-state index is 13.1. The molecular formula is C46H65BrN8O10S4. The zero-order valence-corrected chi connectivity index (χ0v) is 44.7. The van der Waals surface area contributed by atoms with E-state index in [1.807, 2.05) is 38.1 Å². The van der Waals surface area contributed by atoms with Crippen molar-refractivity contribution in [2.24, 2.45) is 5.73 Å². The van der Waals surface area contributed by atoms with Crippen LogP contribution in [0.1, 0.15) is 101 Å². The lowest BCUT2D eigenvalue weighted by Gasteiger charge is -2.39. The highest BCUT2D eigenvalue weighted by Crippen LogP contribution is 2.42. The third-order valence-corrected chi connectivity index (χ3v) is 18.1. The van der Waals surface area contributed by atoms with E-state index in [4.69, 9.17) is 19.9 Å². The van der Waals surface area contributed by atoms with Crippen LogP contribution in [-0.2, 0) is 39.0 Å². The lowest BCUT2D eigenvalue weighted by atomic mass is 9.86. The molecule has 2 aliphatic heterocycles. The molecule has 8 rings (SSSR count). The Morgan fingerprint density at radius 3 is 1.51 bits per heavy atom. The number of methoxy groups -OCH3 is 2. The first-order valence-electron chi connectivity index (χ1n) is 23.0. The average Bonchev–Trinajstić information content (AvgIpc) is 4.01. The number of carbonyl (C=O) groups excluding carboxylic acids is 2. The number of rotatable bonds is 14. The summed E-state index contributed by atoms with van der Waals surface area (Å²) in [6, 6.07) is 11.0. The minimum atomic E-state index is -3.69. The summed E-state index contributed by atoms with van der Waals surface area (Å²) >= 11 is 6.44. The van der Waals surface area contributed by atoms with Crippen LogP contribution in [0.4, 0.5) is 15.3 Å². The highest BCUT2D eigenvalue weighted by Gasteiger charge is 2.34. The highest BCUT2D eigenvalue weighted by atomic mass is 79.9. The molecule has 4 aliphatic rings. The van der Waals surface area contributed by atoms with Crippen LogP contribution in [0.2, 0.25) is 0 Å². The number of benzene rings is 2. The molecule has 2 amide bonds. The monoisotopic (exact) mass is 1100 g/mol. The van der Waals surface area contributed by atoms with Gasteiger partial charge in [-0.15, -0.1) is 22.7 Å². The summed E-state index contributed by atoms with van der Waals surface area (Å²) in [6.45, 7) is 10.8. The van der Waals surface area contributed by atoms with Gasteiger partial charge in [-0.1, -0.05) is 41.9 Å². The third-order valence-electron chi connectivity index (χ3n) is 12.1. The minimum absolute atomic E-state index is 0. The van der Waals surface area contributed by atoms with Crippen molar-refractivity contribution in [2.45, 2.75) is 124 Å². The zero-order chi connectivity index (χ0) is 50.0. The van der Waals surface area contributed by atoms with Crippen LogP contribution in [0, 0.1) is 0 Å². The SMILES string of the molecule is CC1(N)COC1.CCNS(=O)(=O)c1cc(Br)ccc1-c1cnc(C2CCC(NC(=O)OC)CC2)s1.CCNS(=O)(=O)c1cc(NC2(C)COC2)ccc1-c1cnc(C2CCC(NC(=O)OC)CC2)s1. The molecule has 18 nitrogen and oxygen atoms in total. The van der Waals surface area contributed by atoms with Crippen molar-refractivity contribution in [3.63, 3.8) is 0 Å². The molecule has 4 aromatic rings. The molecule has 23 heteroatoms. The lowest BCUT2D eigenvalue weighted by molar-refractivity contribution is -0.0433. The van der Waals surface area contributed by atoms with Crippen LogP contribution >= 0.6 is 38.6 Å². The van der Waals surface area contributed by atoms with E-state index < -0.39 is 32.2 Å². The number of hydrogen-bond acceptors (Lipinski definition) is 16. The quantitative estimate of drug-likeness (QED) is 0.0709. The van der Waals surface area contributed by atoms with Gasteiger partial charge >= 0.3 is 12.2 Å². The smallest absolute Gasteiger partial charge is 0.407 e. The van der Waals surface area contributed by atoms with Gasteiger partial charge in [-0.05, 0) is 89.5 Å². The lowest BCUT2D eigenvalue weighted by Crippen LogP contribution is -2.54. The molecule has 69 heavy (non-hydrogen) atoms. The number of nitrogens with two attached hydrogens (primary N) is 1. The standard InChI is InChI=1S/C23H32N4O5S2.C19H24BrN3O4S2.C4H9NO/c1-4-25-34(29,30)20-11-17(27-23(2)13-32-14-23)9-10-18(20)19-12-24-21(33-19)15-5-7-16(8-6-15)26-22(28)31-3;1-3-22-29(25,26)17-10-13(20)6-9-15(17)16-11-21-18(28-16)12-4-7-14(8-5-12)23-19(24)27-2;1-4(5)2-6-3-4/h9-12,15-16,25,27H,4-8,13-14H2,1-3H3,(H,26,28);6,9-12,14,22H,3-5,7-8H2,1-2H3,(H,23,24);2-3,5H2,1H3. The maximum Gasteiger partial charge on any atom is 0.407 e. The Bertz CT molecular complexity index is 2590. The second kappa shape index (κ2) is 24.1. The molecule has 380 valence electrons. The van der Waals surface area contributed by atoms with E-state index in [0.717, 1.165) is 90.0 Å². The van der Waals surface area contributed by atoms with Crippen LogP contribution in [0.3, 0.4) is 0 Å². The van der Waals surface area contributed by atoms with Gasteiger partial charge in [0.2, 0.25) is 20.0 Å². The van der Waals surface area contributed by atoms with Gasteiger partial charge in [0.1, 0.15) is 0 Å². The molecule has 7 N–H and O–H groups in total. The molecule has 0 spiro atoms. The number of sulfonamides is 2. The number of ether oxygens (including phenoxy) is 4. The van der Waals surface area contributed by atoms with Crippen LogP contribution in [0.25, 0.3) is 20.9 Å². The van der Waals surface area contributed by atoms with E-state index in [-0.39, 0.29) is 33.0 Å². The van der Waals surface area contributed by atoms with Crippen molar-refractivity contribution in [3.8, 4) is 20.9 Å². The van der Waals surface area contributed by atoms with Crippen molar-refractivity contribution in [1.82, 2.24) is 30.0 Å². The van der Waals surface area contributed by atoms with E-state index in [2.05, 4.69) is 56.0 Å². The molecule has 0 unspecified atom stereocenters. The Labute approximate surface area is 422 Å². The topological polar surface area (TPSA) is 251 Å². The van der Waals surface area contributed by atoms with Crippen LogP contribution < -0.4 is 31.1 Å². The Balaban J connectivity index is 0.000000204. The minimum Gasteiger partial charge on any atom is -0.453 e. The molecule has 2 aliphatic carbocycles. The van der Waals surface area contributed by atoms with Gasteiger partial charge in [0.15, 0.2) is 0 Å².